The minimum atomic E-state index is -5.71. The molecule has 1 saturated heterocycles. The van der Waals surface area contributed by atoms with Crippen molar-refractivity contribution in [3.63, 3.8) is 0 Å². The highest BCUT2D eigenvalue weighted by molar-refractivity contribution is 7.87. The van der Waals surface area contributed by atoms with Crippen molar-refractivity contribution in [2.75, 3.05) is 20.2 Å². The first-order chi connectivity index (χ1) is 12.9. The third kappa shape index (κ3) is 7.40. The fourth-order valence-corrected chi connectivity index (χ4v) is 2.83. The van der Waals surface area contributed by atoms with Gasteiger partial charge in [-0.1, -0.05) is 23.2 Å². The molecule has 12 heteroatoms. The van der Waals surface area contributed by atoms with Crippen LogP contribution in [0.2, 0.25) is 10.0 Å². The number of amides is 1. The molecule has 1 amide bonds. The van der Waals surface area contributed by atoms with E-state index in [1.807, 2.05) is 0 Å². The van der Waals surface area contributed by atoms with Crippen molar-refractivity contribution in [1.82, 2.24) is 4.90 Å². The molecule has 158 valence electrons. The van der Waals surface area contributed by atoms with Crippen LogP contribution < -0.4 is 4.74 Å². The third-order valence-electron chi connectivity index (χ3n) is 3.40. The molecule has 1 fully saturated rings. The molecule has 1 heterocycles. The monoisotopic (exact) mass is 463 g/mol. The molecule has 0 aliphatic carbocycles. The van der Waals surface area contributed by atoms with Crippen molar-refractivity contribution in [1.29, 1.82) is 0 Å². The predicted octanol–water partition coefficient (Wildman–Crippen LogP) is 4.38. The maximum Gasteiger partial charge on any atom is 0.534 e. The van der Waals surface area contributed by atoms with Gasteiger partial charge in [-0.2, -0.15) is 21.6 Å². The van der Waals surface area contributed by atoms with Crippen molar-refractivity contribution in [3.8, 4) is 5.75 Å². The zero-order valence-electron chi connectivity index (χ0n) is 14.9. The summed E-state index contributed by atoms with van der Waals surface area (Å²) in [6, 6.07) is 5.13. The number of benzene rings is 1. The molecular formula is C16H18Cl2F3NO5S. The van der Waals surface area contributed by atoms with Gasteiger partial charge in [0, 0.05) is 25.2 Å². The van der Waals surface area contributed by atoms with Crippen molar-refractivity contribution >= 4 is 39.2 Å². The highest BCUT2D eigenvalue weighted by atomic mass is 35.5. The van der Waals surface area contributed by atoms with Gasteiger partial charge in [-0.3, -0.25) is 4.79 Å². The lowest BCUT2D eigenvalue weighted by Crippen LogP contribution is -2.27. The van der Waals surface area contributed by atoms with E-state index in [4.69, 9.17) is 27.9 Å². The van der Waals surface area contributed by atoms with E-state index in [1.165, 1.54) is 4.90 Å². The van der Waals surface area contributed by atoms with E-state index in [-0.39, 0.29) is 0 Å². The second-order valence-corrected chi connectivity index (χ2v) is 7.90. The Morgan fingerprint density at radius 3 is 2.21 bits per heavy atom. The number of halogens is 5. The van der Waals surface area contributed by atoms with E-state index in [0.29, 0.717) is 23.1 Å². The number of hydrogen-bond donors (Lipinski definition) is 0. The third-order valence-corrected chi connectivity index (χ3v) is 5.18. The molecule has 0 spiro atoms. The fraction of sp³-hybridized carbons (Fsp3) is 0.438. The summed E-state index contributed by atoms with van der Waals surface area (Å²) >= 11 is 11.3. The van der Waals surface area contributed by atoms with E-state index >= 15 is 0 Å². The smallest absolute Gasteiger partial charge is 0.497 e. The van der Waals surface area contributed by atoms with E-state index in [1.54, 1.807) is 25.3 Å². The zero-order chi connectivity index (χ0) is 21.5. The molecule has 0 N–H and O–H groups in total. The topological polar surface area (TPSA) is 72.9 Å². The number of nitrogens with zero attached hydrogens (tertiary/aromatic N) is 1. The SMILES string of the molecule is C/C(=C\C(=O)N1CCCC1)OS(=O)(=O)C(F)(F)F.COc1ccc(Cl)c(Cl)c1. The number of methoxy groups -OCH3 is 1. The van der Waals surface area contributed by atoms with Gasteiger partial charge in [0.05, 0.1) is 17.2 Å². The van der Waals surface area contributed by atoms with Crippen LogP contribution in [0.3, 0.4) is 0 Å². The first-order valence-corrected chi connectivity index (χ1v) is 10.0. The van der Waals surface area contributed by atoms with Gasteiger partial charge in [-0.15, -0.1) is 0 Å². The van der Waals surface area contributed by atoms with Gasteiger partial charge in [0.15, 0.2) is 0 Å². The summed E-state index contributed by atoms with van der Waals surface area (Å²) in [4.78, 5) is 12.9. The number of carbonyl (C=O) groups excluding carboxylic acids is 1. The summed E-state index contributed by atoms with van der Waals surface area (Å²) in [5.41, 5.74) is -5.50. The Morgan fingerprint density at radius 2 is 1.75 bits per heavy atom. The second kappa shape index (κ2) is 10.2. The van der Waals surface area contributed by atoms with Crippen LogP contribution >= 0.6 is 23.2 Å². The maximum absolute atomic E-state index is 12.0. The van der Waals surface area contributed by atoms with E-state index in [0.717, 1.165) is 31.6 Å². The standard InChI is InChI=1S/C9H12F3NO4S.C7H6Cl2O/c1-7(17-18(15,16)9(10,11)12)6-8(14)13-4-2-3-5-13;1-10-5-2-3-6(8)7(9)4-5/h6H,2-5H2,1H3;2-4H,1H3/b7-6+;. The second-order valence-electron chi connectivity index (χ2n) is 5.55. The van der Waals surface area contributed by atoms with E-state index < -0.39 is 27.3 Å². The normalized spacial score (nSPS) is 15.0. The molecule has 28 heavy (non-hydrogen) atoms. The van der Waals surface area contributed by atoms with Gasteiger partial charge in [0.1, 0.15) is 11.5 Å². The minimum Gasteiger partial charge on any atom is -0.497 e. The minimum absolute atomic E-state index is 0.509. The number of hydrogen-bond acceptors (Lipinski definition) is 5. The Morgan fingerprint density at radius 1 is 1.18 bits per heavy atom. The van der Waals surface area contributed by atoms with Crippen LogP contribution in [0.25, 0.3) is 0 Å². The van der Waals surface area contributed by atoms with Crippen LogP contribution in [0.15, 0.2) is 30.0 Å². The van der Waals surface area contributed by atoms with Crippen LogP contribution in [0.4, 0.5) is 13.2 Å². The molecular weight excluding hydrogens is 446 g/mol. The Hall–Kier alpha value is -1.65. The summed E-state index contributed by atoms with van der Waals surface area (Å²) < 4.78 is 66.0. The van der Waals surface area contributed by atoms with Gasteiger partial charge in [-0.05, 0) is 31.9 Å². The van der Waals surface area contributed by atoms with Crippen LogP contribution in [-0.2, 0) is 19.1 Å². The van der Waals surface area contributed by atoms with Crippen molar-refractivity contribution in [3.05, 3.63) is 40.1 Å². The van der Waals surface area contributed by atoms with Gasteiger partial charge in [-0.25, -0.2) is 0 Å². The lowest BCUT2D eigenvalue weighted by atomic mass is 10.3. The number of carbonyl (C=O) groups is 1. The molecule has 1 aliphatic heterocycles. The lowest BCUT2D eigenvalue weighted by Gasteiger charge is -2.13. The molecule has 0 atom stereocenters. The number of alkyl halides is 3. The van der Waals surface area contributed by atoms with Crippen LogP contribution in [0.5, 0.6) is 5.75 Å². The number of allylic oxidation sites excluding steroid dienone is 1. The van der Waals surface area contributed by atoms with E-state index in [2.05, 4.69) is 4.18 Å². The molecule has 0 aromatic heterocycles. The summed E-state index contributed by atoms with van der Waals surface area (Å²) in [5.74, 6) is -0.444. The summed E-state index contributed by atoms with van der Waals surface area (Å²) in [6.45, 7) is 2.00. The molecule has 2 rings (SSSR count). The summed E-state index contributed by atoms with van der Waals surface area (Å²) in [7, 11) is -4.12. The van der Waals surface area contributed by atoms with E-state index in [9.17, 15) is 26.4 Å². The highest BCUT2D eigenvalue weighted by Crippen LogP contribution is 2.27. The van der Waals surface area contributed by atoms with Crippen LogP contribution in [-0.4, -0.2) is 44.9 Å². The number of rotatable bonds is 4. The van der Waals surface area contributed by atoms with Crippen LogP contribution in [0.1, 0.15) is 19.8 Å². The molecule has 1 aromatic carbocycles. The first-order valence-electron chi connectivity index (χ1n) is 7.84. The maximum atomic E-state index is 12.0. The largest absolute Gasteiger partial charge is 0.534 e. The summed E-state index contributed by atoms with van der Waals surface area (Å²) in [6.07, 6.45) is 2.38. The predicted molar refractivity (Wildman–Crippen MR) is 98.6 cm³/mol. The molecule has 1 aliphatic rings. The summed E-state index contributed by atoms with van der Waals surface area (Å²) in [5, 5.41) is 1.06. The molecule has 0 saturated carbocycles. The Balaban J connectivity index is 0.000000330. The highest BCUT2D eigenvalue weighted by Gasteiger charge is 2.48. The quantitative estimate of drug-likeness (QED) is 0.286. The zero-order valence-corrected chi connectivity index (χ0v) is 17.3. The van der Waals surface area contributed by atoms with Crippen molar-refractivity contribution in [2.24, 2.45) is 0 Å². The number of ether oxygens (including phenoxy) is 1. The average molecular weight is 464 g/mol. The molecule has 0 unspecified atom stereocenters. The molecule has 6 nitrogen and oxygen atoms in total. The van der Waals surface area contributed by atoms with Crippen molar-refractivity contribution < 1.29 is 35.3 Å². The van der Waals surface area contributed by atoms with Gasteiger partial charge in [0.2, 0.25) is 5.91 Å². The molecule has 0 radical (unpaired) electrons. The lowest BCUT2D eigenvalue weighted by molar-refractivity contribution is -0.125. The Kier molecular flexibility index (Phi) is 8.90. The Bertz CT molecular complexity index is 822. The van der Waals surface area contributed by atoms with Crippen molar-refractivity contribution in [2.45, 2.75) is 25.3 Å². The van der Waals surface area contributed by atoms with Gasteiger partial charge in [0.25, 0.3) is 0 Å². The molecule has 1 aromatic rings. The van der Waals surface area contributed by atoms with Gasteiger partial charge < -0.3 is 13.8 Å². The Labute approximate surface area is 170 Å². The first kappa shape index (κ1) is 24.4. The molecule has 0 bridgehead atoms. The van der Waals surface area contributed by atoms with Gasteiger partial charge >= 0.3 is 15.6 Å². The fourth-order valence-electron chi connectivity index (χ4n) is 2.05. The average Bonchev–Trinajstić information content (AvgIpc) is 3.11. The van der Waals surface area contributed by atoms with Crippen LogP contribution in [0, 0.1) is 0 Å². The number of likely N-dealkylation sites (tertiary alicyclic amines) is 1.